The summed E-state index contributed by atoms with van der Waals surface area (Å²) in [6, 6.07) is 12.6. The van der Waals surface area contributed by atoms with E-state index in [1.165, 1.54) is 13.2 Å². The lowest BCUT2D eigenvalue weighted by molar-refractivity contribution is 0.0627. The molecule has 162 valence electrons. The van der Waals surface area contributed by atoms with Gasteiger partial charge in [-0.3, -0.25) is 14.7 Å². The summed E-state index contributed by atoms with van der Waals surface area (Å²) in [5.41, 5.74) is 3.04. The predicted molar refractivity (Wildman–Crippen MR) is 117 cm³/mol. The molecule has 0 spiro atoms. The molecular formula is C24H26FN3O3. The molecule has 4 rings (SSSR count). The molecule has 0 aliphatic carbocycles. The Balaban J connectivity index is 1.42. The standard InChI is InChI=1S/C24H26FN3O3/c1-16-20(13-18-5-6-19(30-2)14-22(18)26-16)24(29)28-10-8-27(9-11-28)15-17-4-7-23(31-3)21(25)12-17/h4-7,12-14H,8-11,15H2,1-3H3. The summed E-state index contributed by atoms with van der Waals surface area (Å²) >= 11 is 0. The van der Waals surface area contributed by atoms with Gasteiger partial charge in [-0.25, -0.2) is 4.39 Å². The van der Waals surface area contributed by atoms with Gasteiger partial charge in [0.05, 0.1) is 31.0 Å². The fourth-order valence-electron chi connectivity index (χ4n) is 3.93. The number of carbonyl (C=O) groups excluding carboxylic acids is 1. The average molecular weight is 423 g/mol. The molecule has 1 amide bonds. The highest BCUT2D eigenvalue weighted by atomic mass is 19.1. The first kappa shape index (κ1) is 21.1. The van der Waals surface area contributed by atoms with Gasteiger partial charge in [0.2, 0.25) is 0 Å². The molecule has 0 atom stereocenters. The molecule has 7 heteroatoms. The van der Waals surface area contributed by atoms with E-state index in [4.69, 9.17) is 9.47 Å². The van der Waals surface area contributed by atoms with Gasteiger partial charge < -0.3 is 14.4 Å². The van der Waals surface area contributed by atoms with Crippen LogP contribution in [0.25, 0.3) is 10.9 Å². The van der Waals surface area contributed by atoms with Gasteiger partial charge in [0.1, 0.15) is 5.75 Å². The Morgan fingerprint density at radius 2 is 1.81 bits per heavy atom. The Bertz CT molecular complexity index is 1110. The van der Waals surface area contributed by atoms with Crippen LogP contribution in [0.4, 0.5) is 4.39 Å². The number of fused-ring (bicyclic) bond motifs is 1. The highest BCUT2D eigenvalue weighted by Gasteiger charge is 2.24. The molecule has 3 aromatic rings. The molecule has 1 aliphatic rings. The van der Waals surface area contributed by atoms with Crippen LogP contribution in [0.15, 0.2) is 42.5 Å². The van der Waals surface area contributed by atoms with Crippen molar-refractivity contribution in [2.75, 3.05) is 40.4 Å². The van der Waals surface area contributed by atoms with Gasteiger partial charge in [-0.15, -0.1) is 0 Å². The maximum atomic E-state index is 13.9. The highest BCUT2D eigenvalue weighted by Crippen LogP contribution is 2.23. The summed E-state index contributed by atoms with van der Waals surface area (Å²) in [6.45, 7) is 5.21. The van der Waals surface area contributed by atoms with Crippen LogP contribution in [-0.2, 0) is 6.54 Å². The summed E-state index contributed by atoms with van der Waals surface area (Å²) in [5, 5.41) is 0.912. The molecule has 0 saturated carbocycles. The van der Waals surface area contributed by atoms with Crippen molar-refractivity contribution in [1.29, 1.82) is 0 Å². The molecule has 1 aliphatic heterocycles. The van der Waals surface area contributed by atoms with Crippen molar-refractivity contribution in [2.24, 2.45) is 0 Å². The minimum atomic E-state index is -0.356. The van der Waals surface area contributed by atoms with Crippen molar-refractivity contribution in [3.8, 4) is 11.5 Å². The van der Waals surface area contributed by atoms with Gasteiger partial charge in [0.25, 0.3) is 5.91 Å². The second-order valence-electron chi connectivity index (χ2n) is 7.72. The molecule has 1 aromatic heterocycles. The van der Waals surface area contributed by atoms with Crippen LogP contribution in [0, 0.1) is 12.7 Å². The van der Waals surface area contributed by atoms with Crippen molar-refractivity contribution in [3.63, 3.8) is 0 Å². The first-order valence-electron chi connectivity index (χ1n) is 10.3. The van der Waals surface area contributed by atoms with Crippen LogP contribution in [-0.4, -0.2) is 61.1 Å². The van der Waals surface area contributed by atoms with Gasteiger partial charge in [0, 0.05) is 44.2 Å². The molecule has 1 saturated heterocycles. The number of pyridine rings is 1. The largest absolute Gasteiger partial charge is 0.497 e. The fourth-order valence-corrected chi connectivity index (χ4v) is 3.93. The van der Waals surface area contributed by atoms with Crippen molar-refractivity contribution in [1.82, 2.24) is 14.8 Å². The van der Waals surface area contributed by atoms with E-state index in [1.54, 1.807) is 13.2 Å². The van der Waals surface area contributed by atoms with Crippen molar-refractivity contribution >= 4 is 16.8 Å². The average Bonchev–Trinajstić information content (AvgIpc) is 2.78. The van der Waals surface area contributed by atoms with Gasteiger partial charge in [0.15, 0.2) is 11.6 Å². The summed E-state index contributed by atoms with van der Waals surface area (Å²) in [4.78, 5) is 21.8. The second kappa shape index (κ2) is 8.89. The minimum Gasteiger partial charge on any atom is -0.497 e. The van der Waals surface area contributed by atoms with Crippen LogP contribution in [0.3, 0.4) is 0 Å². The Morgan fingerprint density at radius 1 is 1.03 bits per heavy atom. The number of carbonyl (C=O) groups is 1. The lowest BCUT2D eigenvalue weighted by atomic mass is 10.1. The first-order valence-corrected chi connectivity index (χ1v) is 10.3. The van der Waals surface area contributed by atoms with E-state index in [-0.39, 0.29) is 17.5 Å². The zero-order valence-corrected chi connectivity index (χ0v) is 18.0. The number of benzene rings is 2. The molecule has 0 bridgehead atoms. The number of aromatic nitrogens is 1. The zero-order valence-electron chi connectivity index (χ0n) is 18.0. The fraction of sp³-hybridized carbons (Fsp3) is 0.333. The maximum absolute atomic E-state index is 13.9. The number of halogens is 1. The molecule has 2 aromatic carbocycles. The lowest BCUT2D eigenvalue weighted by Crippen LogP contribution is -2.48. The number of nitrogens with zero attached hydrogens (tertiary/aromatic N) is 3. The Morgan fingerprint density at radius 3 is 2.48 bits per heavy atom. The minimum absolute atomic E-state index is 0.00198. The topological polar surface area (TPSA) is 54.9 Å². The number of hydrogen-bond donors (Lipinski definition) is 0. The third-order valence-corrected chi connectivity index (χ3v) is 5.73. The van der Waals surface area contributed by atoms with Crippen LogP contribution >= 0.6 is 0 Å². The van der Waals surface area contributed by atoms with Crippen molar-refractivity contribution in [3.05, 3.63) is 65.1 Å². The number of amides is 1. The van der Waals surface area contributed by atoms with E-state index in [0.717, 1.165) is 35.3 Å². The van der Waals surface area contributed by atoms with Gasteiger partial charge >= 0.3 is 0 Å². The Kier molecular flexibility index (Phi) is 6.04. The van der Waals surface area contributed by atoms with Gasteiger partial charge in [-0.1, -0.05) is 6.07 Å². The monoisotopic (exact) mass is 423 g/mol. The molecule has 31 heavy (non-hydrogen) atoms. The summed E-state index contributed by atoms with van der Waals surface area (Å²) < 4.78 is 24.2. The summed E-state index contributed by atoms with van der Waals surface area (Å²) in [7, 11) is 3.08. The lowest BCUT2D eigenvalue weighted by Gasteiger charge is -2.35. The van der Waals surface area contributed by atoms with E-state index in [2.05, 4.69) is 9.88 Å². The quantitative estimate of drug-likeness (QED) is 0.627. The van der Waals surface area contributed by atoms with Crippen LogP contribution in [0.1, 0.15) is 21.6 Å². The second-order valence-corrected chi connectivity index (χ2v) is 7.72. The molecule has 1 fully saturated rings. The van der Waals surface area contributed by atoms with Crippen LogP contribution < -0.4 is 9.47 Å². The number of ether oxygens (including phenoxy) is 2. The normalized spacial score (nSPS) is 14.6. The van der Waals surface area contributed by atoms with Gasteiger partial charge in [-0.05, 0) is 42.8 Å². The third-order valence-electron chi connectivity index (χ3n) is 5.73. The summed E-state index contributed by atoms with van der Waals surface area (Å²) in [6.07, 6.45) is 0. The van der Waals surface area contributed by atoms with E-state index in [0.29, 0.717) is 30.9 Å². The molecule has 0 unspecified atom stereocenters. The Labute approximate surface area is 181 Å². The van der Waals surface area contributed by atoms with E-state index in [1.807, 2.05) is 42.2 Å². The number of piperazine rings is 1. The van der Waals surface area contributed by atoms with Gasteiger partial charge in [-0.2, -0.15) is 0 Å². The first-order chi connectivity index (χ1) is 15.0. The number of rotatable bonds is 5. The number of methoxy groups -OCH3 is 2. The highest BCUT2D eigenvalue weighted by molar-refractivity contribution is 5.98. The third kappa shape index (κ3) is 4.46. The van der Waals surface area contributed by atoms with E-state index < -0.39 is 0 Å². The molecule has 0 radical (unpaired) electrons. The Hall–Kier alpha value is -3.19. The number of aryl methyl sites for hydroxylation is 1. The van der Waals surface area contributed by atoms with Crippen molar-refractivity contribution < 1.29 is 18.7 Å². The van der Waals surface area contributed by atoms with Crippen molar-refractivity contribution in [2.45, 2.75) is 13.5 Å². The van der Waals surface area contributed by atoms with Crippen LogP contribution in [0.5, 0.6) is 11.5 Å². The molecule has 6 nitrogen and oxygen atoms in total. The van der Waals surface area contributed by atoms with Crippen LogP contribution in [0.2, 0.25) is 0 Å². The SMILES string of the molecule is COc1ccc2cc(C(=O)N3CCN(Cc4ccc(OC)c(F)c4)CC3)c(C)nc2c1. The zero-order chi connectivity index (χ0) is 22.0. The smallest absolute Gasteiger partial charge is 0.255 e. The maximum Gasteiger partial charge on any atom is 0.255 e. The predicted octanol–water partition coefficient (Wildman–Crippen LogP) is 3.66. The molecule has 0 N–H and O–H groups in total. The van der Waals surface area contributed by atoms with E-state index in [9.17, 15) is 9.18 Å². The number of hydrogen-bond acceptors (Lipinski definition) is 5. The summed E-state index contributed by atoms with van der Waals surface area (Å²) in [5.74, 6) is 0.631. The molecule has 2 heterocycles. The van der Waals surface area contributed by atoms with E-state index >= 15 is 0 Å². The molecular weight excluding hydrogens is 397 g/mol.